The van der Waals surface area contributed by atoms with Crippen molar-refractivity contribution < 1.29 is 22.0 Å². The van der Waals surface area contributed by atoms with Gasteiger partial charge < -0.3 is 5.32 Å². The van der Waals surface area contributed by atoms with Crippen LogP contribution >= 0.6 is 23.2 Å². The van der Waals surface area contributed by atoms with E-state index in [1.54, 1.807) is 0 Å². The first kappa shape index (κ1) is 16.8. The Labute approximate surface area is 131 Å². The molecule has 2 nitrogen and oxygen atoms in total. The summed E-state index contributed by atoms with van der Waals surface area (Å²) in [6.45, 7) is -0.0657. The molecule has 0 radical (unpaired) electrons. The fraction of sp³-hybridized carbons (Fsp3) is 0.154. The molecule has 0 aliphatic rings. The van der Waals surface area contributed by atoms with Gasteiger partial charge in [-0.25, -0.2) is 13.8 Å². The van der Waals surface area contributed by atoms with Crippen molar-refractivity contribution in [2.75, 3.05) is 5.32 Å². The Morgan fingerprint density at radius 1 is 1.14 bits per heavy atom. The molecule has 9 heteroatoms. The van der Waals surface area contributed by atoms with Crippen LogP contribution in [-0.2, 0) is 12.7 Å². The van der Waals surface area contributed by atoms with Crippen LogP contribution in [0, 0.1) is 11.6 Å². The minimum Gasteiger partial charge on any atom is -0.378 e. The summed E-state index contributed by atoms with van der Waals surface area (Å²) < 4.78 is 64.2. The third-order valence-corrected chi connectivity index (χ3v) is 3.32. The number of nitrogens with one attached hydrogen (secondary N) is 1. The summed E-state index contributed by atoms with van der Waals surface area (Å²) in [6.07, 6.45) is -3.69. The minimum absolute atomic E-state index is 0.0657. The van der Waals surface area contributed by atoms with Gasteiger partial charge in [0.1, 0.15) is 10.8 Å². The number of hydrogen-bond acceptors (Lipinski definition) is 2. The summed E-state index contributed by atoms with van der Waals surface area (Å²) in [5, 5.41) is 1.34. The quantitative estimate of drug-likeness (QED) is 0.596. The highest BCUT2D eigenvalue weighted by Crippen LogP contribution is 2.33. The molecule has 0 aliphatic heterocycles. The molecular formula is C13H7Cl2F5N2. The normalized spacial score (nSPS) is 11.6. The average Bonchev–Trinajstić information content (AvgIpc) is 2.43. The highest BCUT2D eigenvalue weighted by molar-refractivity contribution is 6.31. The fourth-order valence-electron chi connectivity index (χ4n) is 1.64. The molecule has 0 saturated heterocycles. The van der Waals surface area contributed by atoms with Gasteiger partial charge in [-0.15, -0.1) is 0 Å². The van der Waals surface area contributed by atoms with E-state index < -0.39 is 33.5 Å². The van der Waals surface area contributed by atoms with Crippen molar-refractivity contribution in [3.05, 3.63) is 57.3 Å². The Balaban J connectivity index is 2.16. The Morgan fingerprint density at radius 2 is 1.82 bits per heavy atom. The Kier molecular flexibility index (Phi) is 4.77. The van der Waals surface area contributed by atoms with E-state index in [0.29, 0.717) is 0 Å². The van der Waals surface area contributed by atoms with E-state index >= 15 is 0 Å². The Bertz CT molecular complexity index is 704. The first-order valence-electron chi connectivity index (χ1n) is 5.79. The largest absolute Gasteiger partial charge is 0.434 e. The topological polar surface area (TPSA) is 24.9 Å². The SMILES string of the molecule is Fc1ccc(NCc2cnc(C(F)(F)F)c(Cl)c2)c(F)c1Cl. The van der Waals surface area contributed by atoms with E-state index in [4.69, 9.17) is 23.2 Å². The van der Waals surface area contributed by atoms with Gasteiger partial charge in [0.2, 0.25) is 0 Å². The predicted octanol–water partition coefficient (Wildman–Crippen LogP) is 5.30. The van der Waals surface area contributed by atoms with Gasteiger partial charge in [0.05, 0.1) is 10.7 Å². The van der Waals surface area contributed by atoms with Gasteiger partial charge in [0.15, 0.2) is 11.5 Å². The van der Waals surface area contributed by atoms with Gasteiger partial charge in [-0.3, -0.25) is 0 Å². The molecule has 0 bridgehead atoms. The van der Waals surface area contributed by atoms with E-state index in [-0.39, 0.29) is 17.8 Å². The third kappa shape index (κ3) is 3.59. The van der Waals surface area contributed by atoms with Crippen LogP contribution < -0.4 is 5.32 Å². The van der Waals surface area contributed by atoms with E-state index in [9.17, 15) is 22.0 Å². The lowest BCUT2D eigenvalue weighted by atomic mass is 10.2. The van der Waals surface area contributed by atoms with E-state index in [2.05, 4.69) is 10.3 Å². The number of pyridine rings is 1. The number of benzene rings is 1. The average molecular weight is 357 g/mol. The van der Waals surface area contributed by atoms with Gasteiger partial charge >= 0.3 is 6.18 Å². The number of aromatic nitrogens is 1. The van der Waals surface area contributed by atoms with Gasteiger partial charge in [-0.1, -0.05) is 23.2 Å². The van der Waals surface area contributed by atoms with Crippen LogP contribution in [0.4, 0.5) is 27.6 Å². The standard InChI is InChI=1S/C13H7Cl2F5N2/c14-7-3-6(5-22-12(7)13(18,19)20)4-21-9-2-1-8(16)10(15)11(9)17/h1-3,5,21H,4H2. The molecule has 1 N–H and O–H groups in total. The third-order valence-electron chi connectivity index (χ3n) is 2.68. The van der Waals surface area contributed by atoms with E-state index in [1.807, 2.05) is 0 Å². The van der Waals surface area contributed by atoms with Crippen molar-refractivity contribution in [2.45, 2.75) is 12.7 Å². The molecule has 0 spiro atoms. The van der Waals surface area contributed by atoms with Crippen molar-refractivity contribution in [1.29, 1.82) is 0 Å². The molecular weight excluding hydrogens is 350 g/mol. The van der Waals surface area contributed by atoms with Crippen molar-refractivity contribution in [2.24, 2.45) is 0 Å². The van der Waals surface area contributed by atoms with Crippen LogP contribution in [0.1, 0.15) is 11.3 Å². The summed E-state index contributed by atoms with van der Waals surface area (Å²) in [6, 6.07) is 3.15. The number of alkyl halides is 3. The summed E-state index contributed by atoms with van der Waals surface area (Å²) in [5.41, 5.74) is -1.01. The number of anilines is 1. The van der Waals surface area contributed by atoms with Gasteiger partial charge in [0, 0.05) is 12.7 Å². The first-order valence-corrected chi connectivity index (χ1v) is 6.54. The lowest BCUT2D eigenvalue weighted by molar-refractivity contribution is -0.141. The molecule has 2 rings (SSSR count). The summed E-state index contributed by atoms with van der Waals surface area (Å²) in [7, 11) is 0. The zero-order chi connectivity index (χ0) is 16.5. The number of rotatable bonds is 3. The van der Waals surface area contributed by atoms with Crippen LogP contribution in [0.25, 0.3) is 0 Å². The molecule has 0 saturated carbocycles. The summed E-state index contributed by atoms with van der Waals surface area (Å²) in [4.78, 5) is 3.24. The smallest absolute Gasteiger partial charge is 0.378 e. The van der Waals surface area contributed by atoms with Crippen LogP contribution in [0.5, 0.6) is 0 Å². The second-order valence-corrected chi connectivity index (χ2v) is 5.03. The molecule has 1 aromatic heterocycles. The van der Waals surface area contributed by atoms with Gasteiger partial charge in [0.25, 0.3) is 0 Å². The molecule has 22 heavy (non-hydrogen) atoms. The number of nitrogens with zero attached hydrogens (tertiary/aromatic N) is 1. The second kappa shape index (κ2) is 6.26. The van der Waals surface area contributed by atoms with Gasteiger partial charge in [-0.2, -0.15) is 13.2 Å². The van der Waals surface area contributed by atoms with Crippen molar-refractivity contribution >= 4 is 28.9 Å². The highest BCUT2D eigenvalue weighted by Gasteiger charge is 2.35. The number of hydrogen-bond donors (Lipinski definition) is 1. The van der Waals surface area contributed by atoms with E-state index in [1.165, 1.54) is 0 Å². The Hall–Kier alpha value is -1.60. The highest BCUT2D eigenvalue weighted by atomic mass is 35.5. The first-order chi connectivity index (χ1) is 10.2. The molecule has 118 valence electrons. The molecule has 0 fully saturated rings. The van der Waals surface area contributed by atoms with Crippen LogP contribution in [0.15, 0.2) is 24.4 Å². The van der Waals surface area contributed by atoms with Crippen molar-refractivity contribution in [3.63, 3.8) is 0 Å². The zero-order valence-corrected chi connectivity index (χ0v) is 12.1. The lowest BCUT2D eigenvalue weighted by Gasteiger charge is -2.11. The van der Waals surface area contributed by atoms with E-state index in [0.717, 1.165) is 24.4 Å². The number of halogens is 7. The second-order valence-electron chi connectivity index (χ2n) is 4.25. The fourth-order valence-corrected chi connectivity index (χ4v) is 2.10. The molecule has 0 aliphatic carbocycles. The molecule has 2 aromatic rings. The molecule has 0 atom stereocenters. The minimum atomic E-state index is -4.65. The summed E-state index contributed by atoms with van der Waals surface area (Å²) >= 11 is 10.9. The monoisotopic (exact) mass is 356 g/mol. The zero-order valence-electron chi connectivity index (χ0n) is 10.6. The lowest BCUT2D eigenvalue weighted by Crippen LogP contribution is -2.10. The van der Waals surface area contributed by atoms with Gasteiger partial charge in [-0.05, 0) is 23.8 Å². The predicted molar refractivity (Wildman–Crippen MR) is 72.9 cm³/mol. The maximum Gasteiger partial charge on any atom is 0.434 e. The van der Waals surface area contributed by atoms with Crippen LogP contribution in [0.3, 0.4) is 0 Å². The Morgan fingerprint density at radius 3 is 2.41 bits per heavy atom. The molecule has 1 aromatic carbocycles. The van der Waals surface area contributed by atoms with Crippen molar-refractivity contribution in [1.82, 2.24) is 4.98 Å². The van der Waals surface area contributed by atoms with Crippen molar-refractivity contribution in [3.8, 4) is 0 Å². The molecule has 0 unspecified atom stereocenters. The molecule has 0 amide bonds. The molecule has 1 heterocycles. The maximum atomic E-state index is 13.6. The maximum absolute atomic E-state index is 13.6. The van der Waals surface area contributed by atoms with Crippen LogP contribution in [0.2, 0.25) is 10.0 Å². The van der Waals surface area contributed by atoms with Crippen LogP contribution in [-0.4, -0.2) is 4.98 Å². The summed E-state index contributed by atoms with van der Waals surface area (Å²) in [5.74, 6) is -1.91.